The average molecular weight is 337 g/mol. The van der Waals surface area contributed by atoms with Gasteiger partial charge in [-0.15, -0.1) is 0 Å². The van der Waals surface area contributed by atoms with E-state index in [0.29, 0.717) is 13.0 Å². The first-order chi connectivity index (χ1) is 10.8. The first kappa shape index (κ1) is 18.5. The molecule has 0 bridgehead atoms. The first-order valence-corrected chi connectivity index (χ1v) is 8.24. The molecule has 0 spiro atoms. The van der Waals surface area contributed by atoms with Crippen molar-refractivity contribution >= 4 is 5.91 Å². The summed E-state index contributed by atoms with van der Waals surface area (Å²) in [6, 6.07) is 0.284. The zero-order chi connectivity index (χ0) is 16.9. The summed E-state index contributed by atoms with van der Waals surface area (Å²) < 4.78 is 42.0. The second-order valence-corrected chi connectivity index (χ2v) is 6.43. The summed E-state index contributed by atoms with van der Waals surface area (Å²) in [6.07, 6.45) is -2.85. The molecule has 2 aliphatic rings. The van der Waals surface area contributed by atoms with Gasteiger partial charge in [0.2, 0.25) is 5.91 Å². The number of hydrogen-bond donors (Lipinski definition) is 1. The molecule has 2 heterocycles. The number of halogens is 3. The Morgan fingerprint density at radius 1 is 1.30 bits per heavy atom. The molecule has 2 unspecified atom stereocenters. The van der Waals surface area contributed by atoms with Crippen molar-refractivity contribution in [2.45, 2.75) is 32.0 Å². The molecule has 134 valence electrons. The fraction of sp³-hybridized carbons (Fsp3) is 0.933. The number of amides is 1. The number of ether oxygens (including phenoxy) is 1. The summed E-state index contributed by atoms with van der Waals surface area (Å²) in [7, 11) is 0. The summed E-state index contributed by atoms with van der Waals surface area (Å²) >= 11 is 0. The number of alkyl halides is 3. The Labute approximate surface area is 135 Å². The minimum Gasteiger partial charge on any atom is -0.379 e. The summed E-state index contributed by atoms with van der Waals surface area (Å²) in [6.45, 7) is 6.52. The minimum atomic E-state index is -4.35. The molecule has 2 atom stereocenters. The van der Waals surface area contributed by atoms with E-state index in [1.807, 2.05) is 5.32 Å². The molecule has 2 fully saturated rings. The summed E-state index contributed by atoms with van der Waals surface area (Å²) in [5.41, 5.74) is 0. The fourth-order valence-electron chi connectivity index (χ4n) is 3.23. The maximum Gasteiger partial charge on any atom is 0.405 e. The van der Waals surface area contributed by atoms with E-state index in [0.717, 1.165) is 45.8 Å². The molecule has 5 nitrogen and oxygen atoms in total. The van der Waals surface area contributed by atoms with Gasteiger partial charge in [-0.3, -0.25) is 14.6 Å². The van der Waals surface area contributed by atoms with Crippen LogP contribution in [0.5, 0.6) is 0 Å². The van der Waals surface area contributed by atoms with Crippen molar-refractivity contribution in [1.29, 1.82) is 0 Å². The topological polar surface area (TPSA) is 44.8 Å². The van der Waals surface area contributed by atoms with Gasteiger partial charge in [-0.05, 0) is 26.3 Å². The van der Waals surface area contributed by atoms with Crippen molar-refractivity contribution in [3.05, 3.63) is 0 Å². The summed E-state index contributed by atoms with van der Waals surface area (Å²) in [5, 5.41) is 2.02. The molecule has 2 aliphatic heterocycles. The van der Waals surface area contributed by atoms with Crippen LogP contribution in [0.4, 0.5) is 13.2 Å². The maximum atomic E-state index is 12.2. The highest BCUT2D eigenvalue weighted by molar-refractivity contribution is 5.79. The number of nitrogens with one attached hydrogen (secondary N) is 1. The largest absolute Gasteiger partial charge is 0.405 e. The van der Waals surface area contributed by atoms with Crippen LogP contribution in [-0.2, 0) is 9.53 Å². The fourth-order valence-corrected chi connectivity index (χ4v) is 3.23. The zero-order valence-electron chi connectivity index (χ0n) is 13.6. The number of likely N-dealkylation sites (tertiary alicyclic amines) is 1. The van der Waals surface area contributed by atoms with Crippen molar-refractivity contribution in [3.63, 3.8) is 0 Å². The van der Waals surface area contributed by atoms with Crippen molar-refractivity contribution < 1.29 is 22.7 Å². The Morgan fingerprint density at radius 2 is 2.00 bits per heavy atom. The van der Waals surface area contributed by atoms with E-state index in [9.17, 15) is 18.0 Å². The molecular weight excluding hydrogens is 311 g/mol. The normalized spacial score (nSPS) is 26.0. The van der Waals surface area contributed by atoms with Gasteiger partial charge in [-0.25, -0.2) is 0 Å². The van der Waals surface area contributed by atoms with Crippen LogP contribution in [0.1, 0.15) is 19.8 Å². The lowest BCUT2D eigenvalue weighted by molar-refractivity contribution is -0.142. The molecule has 1 amide bonds. The number of hydrogen-bond acceptors (Lipinski definition) is 4. The van der Waals surface area contributed by atoms with E-state index in [4.69, 9.17) is 4.74 Å². The van der Waals surface area contributed by atoms with Gasteiger partial charge >= 0.3 is 6.18 Å². The van der Waals surface area contributed by atoms with Crippen molar-refractivity contribution in [3.8, 4) is 0 Å². The van der Waals surface area contributed by atoms with Gasteiger partial charge in [-0.1, -0.05) is 0 Å². The van der Waals surface area contributed by atoms with Crippen molar-refractivity contribution in [2.24, 2.45) is 5.92 Å². The second kappa shape index (κ2) is 8.30. The summed E-state index contributed by atoms with van der Waals surface area (Å²) in [4.78, 5) is 16.5. The molecule has 23 heavy (non-hydrogen) atoms. The van der Waals surface area contributed by atoms with Gasteiger partial charge < -0.3 is 10.1 Å². The lowest BCUT2D eigenvalue weighted by Crippen LogP contribution is -2.51. The Morgan fingerprint density at radius 3 is 2.65 bits per heavy atom. The third-order valence-corrected chi connectivity index (χ3v) is 4.54. The first-order valence-electron chi connectivity index (χ1n) is 8.24. The smallest absolute Gasteiger partial charge is 0.379 e. The van der Waals surface area contributed by atoms with E-state index < -0.39 is 18.6 Å². The quantitative estimate of drug-likeness (QED) is 0.816. The lowest BCUT2D eigenvalue weighted by atomic mass is 9.96. The van der Waals surface area contributed by atoms with Gasteiger partial charge in [0.1, 0.15) is 6.54 Å². The maximum absolute atomic E-state index is 12.2. The molecule has 2 saturated heterocycles. The predicted molar refractivity (Wildman–Crippen MR) is 80.1 cm³/mol. The zero-order valence-corrected chi connectivity index (χ0v) is 13.6. The third-order valence-electron chi connectivity index (χ3n) is 4.54. The van der Waals surface area contributed by atoms with Gasteiger partial charge in [0.25, 0.3) is 0 Å². The predicted octanol–water partition coefficient (Wildman–Crippen LogP) is 1.10. The molecule has 0 aromatic rings. The Balaban J connectivity index is 1.78. The molecule has 8 heteroatoms. The molecular formula is C15H26F3N3O2. The molecule has 0 saturated carbocycles. The molecule has 0 aromatic heterocycles. The van der Waals surface area contributed by atoms with Crippen LogP contribution in [0, 0.1) is 5.92 Å². The average Bonchev–Trinajstić information content (AvgIpc) is 2.53. The van der Waals surface area contributed by atoms with Crippen LogP contribution in [0.2, 0.25) is 0 Å². The van der Waals surface area contributed by atoms with Crippen LogP contribution in [0.3, 0.4) is 0 Å². The van der Waals surface area contributed by atoms with Crippen LogP contribution < -0.4 is 5.32 Å². The lowest BCUT2D eigenvalue weighted by Gasteiger charge is -2.39. The van der Waals surface area contributed by atoms with E-state index in [-0.39, 0.29) is 12.0 Å². The highest BCUT2D eigenvalue weighted by Crippen LogP contribution is 2.20. The number of carbonyl (C=O) groups is 1. The SMILES string of the molecule is CC(CN1CCOCC1)N1CCCC(C(=O)NCC(F)(F)F)C1. The van der Waals surface area contributed by atoms with Gasteiger partial charge in [-0.2, -0.15) is 13.2 Å². The van der Waals surface area contributed by atoms with Crippen LogP contribution in [0.25, 0.3) is 0 Å². The van der Waals surface area contributed by atoms with Crippen LogP contribution in [-0.4, -0.2) is 80.4 Å². The molecule has 0 aromatic carbocycles. The third kappa shape index (κ3) is 6.27. The van der Waals surface area contributed by atoms with Crippen LogP contribution in [0.15, 0.2) is 0 Å². The second-order valence-electron chi connectivity index (χ2n) is 6.43. The van der Waals surface area contributed by atoms with E-state index >= 15 is 0 Å². The van der Waals surface area contributed by atoms with Crippen LogP contribution >= 0.6 is 0 Å². The van der Waals surface area contributed by atoms with E-state index in [2.05, 4.69) is 16.7 Å². The van der Waals surface area contributed by atoms with Gasteiger partial charge in [0.05, 0.1) is 19.1 Å². The molecule has 0 radical (unpaired) electrons. The van der Waals surface area contributed by atoms with Gasteiger partial charge in [0, 0.05) is 32.2 Å². The van der Waals surface area contributed by atoms with E-state index in [1.54, 1.807) is 0 Å². The molecule has 0 aliphatic carbocycles. The molecule has 2 rings (SSSR count). The standard InChI is InChI=1S/C15H26F3N3O2/c1-12(9-20-5-7-23-8-6-20)21-4-2-3-13(10-21)14(22)19-11-15(16,17)18/h12-13H,2-11H2,1H3,(H,19,22). The number of morpholine rings is 1. The highest BCUT2D eigenvalue weighted by atomic mass is 19.4. The Hall–Kier alpha value is -0.860. The Kier molecular flexibility index (Phi) is 6.67. The summed E-state index contributed by atoms with van der Waals surface area (Å²) in [5.74, 6) is -0.830. The van der Waals surface area contributed by atoms with Gasteiger partial charge in [0.15, 0.2) is 0 Å². The van der Waals surface area contributed by atoms with Crippen molar-refractivity contribution in [1.82, 2.24) is 15.1 Å². The Bertz CT molecular complexity index is 387. The van der Waals surface area contributed by atoms with E-state index in [1.165, 1.54) is 0 Å². The number of nitrogens with zero attached hydrogens (tertiary/aromatic N) is 2. The highest BCUT2D eigenvalue weighted by Gasteiger charge is 2.32. The van der Waals surface area contributed by atoms with Crippen molar-refractivity contribution in [2.75, 3.05) is 52.5 Å². The number of piperidine rings is 1. The monoisotopic (exact) mass is 337 g/mol. The minimum absolute atomic E-state index is 0.284. The number of carbonyl (C=O) groups excluding carboxylic acids is 1. The molecule has 1 N–H and O–H groups in total. The number of rotatable bonds is 5.